The van der Waals surface area contributed by atoms with Crippen molar-refractivity contribution in [1.29, 1.82) is 0 Å². The lowest BCUT2D eigenvalue weighted by atomic mass is 10.1. The molecular weight excluding hydrogens is 192 g/mol. The van der Waals surface area contributed by atoms with Gasteiger partial charge in [-0.05, 0) is 40.6 Å². The molecule has 74 valence electrons. The molecule has 0 heterocycles. The van der Waals surface area contributed by atoms with E-state index in [1.807, 2.05) is 27.7 Å². The van der Waals surface area contributed by atoms with Gasteiger partial charge in [-0.3, -0.25) is 0 Å². The minimum Gasteiger partial charge on any atom is -0.365 e. The smallest absolute Gasteiger partial charge is 0.105 e. The van der Waals surface area contributed by atoms with Crippen molar-refractivity contribution in [1.82, 2.24) is 0 Å². The quantitative estimate of drug-likeness (QED) is 0.413. The third kappa shape index (κ3) is 7.28. The van der Waals surface area contributed by atoms with Gasteiger partial charge in [0.15, 0.2) is 0 Å². The monoisotopic (exact) mass is 210 g/mol. The van der Waals surface area contributed by atoms with Gasteiger partial charge in [0, 0.05) is 6.42 Å². The SMILES string of the molecule is CC(C)(S)OCCC(C)(C)OS. The summed E-state index contributed by atoms with van der Waals surface area (Å²) in [6, 6.07) is 0. The summed E-state index contributed by atoms with van der Waals surface area (Å²) >= 11 is 8.00. The van der Waals surface area contributed by atoms with Gasteiger partial charge in [-0.15, -0.1) is 12.6 Å². The normalized spacial score (nSPS) is 13.5. The number of hydrogen-bond donors (Lipinski definition) is 2. The fraction of sp³-hybridized carbons (Fsp3) is 1.00. The molecule has 0 aliphatic heterocycles. The zero-order chi connectivity index (χ0) is 9.83. The van der Waals surface area contributed by atoms with Crippen molar-refractivity contribution in [3.05, 3.63) is 0 Å². The van der Waals surface area contributed by atoms with Crippen molar-refractivity contribution in [2.45, 2.75) is 44.6 Å². The first-order chi connectivity index (χ1) is 5.27. The molecule has 0 radical (unpaired) electrons. The van der Waals surface area contributed by atoms with Crippen molar-refractivity contribution in [3.63, 3.8) is 0 Å². The highest BCUT2D eigenvalue weighted by molar-refractivity contribution is 7.81. The van der Waals surface area contributed by atoms with Crippen LogP contribution in [0.3, 0.4) is 0 Å². The highest BCUT2D eigenvalue weighted by Gasteiger charge is 2.19. The molecule has 2 nitrogen and oxygen atoms in total. The minimum atomic E-state index is -0.368. The van der Waals surface area contributed by atoms with E-state index in [1.165, 1.54) is 0 Å². The molecule has 0 saturated carbocycles. The Morgan fingerprint density at radius 2 is 1.67 bits per heavy atom. The first-order valence-electron chi connectivity index (χ1n) is 3.96. The number of hydrogen-bond acceptors (Lipinski definition) is 4. The Balaban J connectivity index is 3.57. The van der Waals surface area contributed by atoms with Crippen LogP contribution >= 0.6 is 25.5 Å². The molecule has 0 aliphatic rings. The van der Waals surface area contributed by atoms with Crippen LogP contribution in [0.1, 0.15) is 34.1 Å². The predicted octanol–water partition coefficient (Wildman–Crippen LogP) is 2.70. The molecule has 0 bridgehead atoms. The third-order valence-corrected chi connectivity index (χ3v) is 2.03. The molecule has 0 atom stereocenters. The van der Waals surface area contributed by atoms with Gasteiger partial charge in [0.2, 0.25) is 0 Å². The van der Waals surface area contributed by atoms with E-state index in [1.54, 1.807) is 0 Å². The molecule has 0 aromatic heterocycles. The van der Waals surface area contributed by atoms with E-state index in [9.17, 15) is 0 Å². The fourth-order valence-corrected chi connectivity index (χ4v) is 0.775. The summed E-state index contributed by atoms with van der Waals surface area (Å²) in [6.07, 6.45) is 0.806. The van der Waals surface area contributed by atoms with E-state index in [-0.39, 0.29) is 10.5 Å². The lowest BCUT2D eigenvalue weighted by molar-refractivity contribution is 0.0170. The van der Waals surface area contributed by atoms with Gasteiger partial charge in [0.05, 0.1) is 12.2 Å². The molecule has 0 rings (SSSR count). The molecule has 0 aromatic carbocycles. The molecule has 0 amide bonds. The molecule has 0 fully saturated rings. The van der Waals surface area contributed by atoms with E-state index in [4.69, 9.17) is 8.92 Å². The number of rotatable bonds is 5. The molecule has 0 spiro atoms. The van der Waals surface area contributed by atoms with E-state index >= 15 is 0 Å². The van der Waals surface area contributed by atoms with E-state index in [2.05, 4.69) is 25.5 Å². The van der Waals surface area contributed by atoms with Crippen LogP contribution < -0.4 is 0 Å². The summed E-state index contributed by atoms with van der Waals surface area (Å²) < 4.78 is 10.4. The van der Waals surface area contributed by atoms with Gasteiger partial charge in [-0.2, -0.15) is 0 Å². The van der Waals surface area contributed by atoms with Crippen molar-refractivity contribution in [3.8, 4) is 0 Å². The van der Waals surface area contributed by atoms with E-state index in [0.717, 1.165) is 6.42 Å². The summed E-state index contributed by atoms with van der Waals surface area (Å²) in [6.45, 7) is 8.38. The molecule has 0 unspecified atom stereocenters. The van der Waals surface area contributed by atoms with Gasteiger partial charge in [-0.25, -0.2) is 0 Å². The largest absolute Gasteiger partial charge is 0.365 e. The second-order valence-electron chi connectivity index (χ2n) is 3.90. The molecule has 0 N–H and O–H groups in total. The lowest BCUT2D eigenvalue weighted by Crippen LogP contribution is -2.25. The highest BCUT2D eigenvalue weighted by atomic mass is 32.1. The summed E-state index contributed by atoms with van der Waals surface area (Å²) in [7, 11) is 0. The Bertz CT molecular complexity index is 130. The van der Waals surface area contributed by atoms with Crippen LogP contribution in [0, 0.1) is 0 Å². The summed E-state index contributed by atoms with van der Waals surface area (Å²) in [4.78, 5) is -0.368. The molecule has 12 heavy (non-hydrogen) atoms. The summed E-state index contributed by atoms with van der Waals surface area (Å²) in [5.74, 6) is 0. The van der Waals surface area contributed by atoms with Gasteiger partial charge in [0.25, 0.3) is 0 Å². The van der Waals surface area contributed by atoms with Crippen LogP contribution in [0.5, 0.6) is 0 Å². The maximum Gasteiger partial charge on any atom is 0.105 e. The number of ether oxygens (including phenoxy) is 1. The van der Waals surface area contributed by atoms with Crippen molar-refractivity contribution in [2.24, 2.45) is 0 Å². The number of thiol groups is 2. The summed E-state index contributed by atoms with van der Waals surface area (Å²) in [5, 5.41) is 0. The van der Waals surface area contributed by atoms with Crippen LogP contribution in [0.4, 0.5) is 0 Å². The maximum absolute atomic E-state index is 5.42. The van der Waals surface area contributed by atoms with E-state index < -0.39 is 0 Å². The molecule has 0 aliphatic carbocycles. The van der Waals surface area contributed by atoms with Crippen molar-refractivity contribution >= 4 is 25.5 Å². The van der Waals surface area contributed by atoms with Gasteiger partial charge in [-0.1, -0.05) is 0 Å². The van der Waals surface area contributed by atoms with Crippen LogP contribution in [-0.2, 0) is 8.92 Å². The summed E-state index contributed by atoms with van der Waals surface area (Å²) in [5.41, 5.74) is -0.234. The van der Waals surface area contributed by atoms with Gasteiger partial charge < -0.3 is 8.92 Å². The predicted molar refractivity (Wildman–Crippen MR) is 57.8 cm³/mol. The first-order valence-corrected chi connectivity index (χ1v) is 4.77. The first kappa shape index (κ1) is 12.6. The Kier molecular flexibility index (Phi) is 4.99. The van der Waals surface area contributed by atoms with Gasteiger partial charge >= 0.3 is 0 Å². The van der Waals surface area contributed by atoms with Crippen LogP contribution in [-0.4, -0.2) is 17.1 Å². The Morgan fingerprint density at radius 3 is 2.00 bits per heavy atom. The lowest BCUT2D eigenvalue weighted by Gasteiger charge is -2.24. The van der Waals surface area contributed by atoms with Crippen LogP contribution in [0.2, 0.25) is 0 Å². The maximum atomic E-state index is 5.42. The standard InChI is InChI=1S/C8H18O2S2/c1-7(2,10-12)5-6-9-8(3,4)11/h11-12H,5-6H2,1-4H3. The Hall–Kier alpha value is 0.620. The van der Waals surface area contributed by atoms with Crippen molar-refractivity contribution in [2.75, 3.05) is 6.61 Å². The van der Waals surface area contributed by atoms with Gasteiger partial charge in [0.1, 0.15) is 4.93 Å². The van der Waals surface area contributed by atoms with Crippen molar-refractivity contribution < 1.29 is 8.92 Å². The fourth-order valence-electron chi connectivity index (χ4n) is 0.592. The second kappa shape index (κ2) is 4.74. The topological polar surface area (TPSA) is 18.5 Å². The zero-order valence-corrected chi connectivity index (χ0v) is 9.91. The van der Waals surface area contributed by atoms with Crippen LogP contribution in [0.15, 0.2) is 0 Å². The second-order valence-corrected chi connectivity index (χ2v) is 5.16. The molecule has 0 saturated heterocycles. The zero-order valence-electron chi connectivity index (χ0n) is 8.13. The highest BCUT2D eigenvalue weighted by Crippen LogP contribution is 2.19. The minimum absolute atomic E-state index is 0.234. The third-order valence-electron chi connectivity index (χ3n) is 1.41. The van der Waals surface area contributed by atoms with E-state index in [0.29, 0.717) is 6.61 Å². The molecule has 0 aromatic rings. The van der Waals surface area contributed by atoms with Crippen LogP contribution in [0.25, 0.3) is 0 Å². The molecule has 4 heteroatoms. The Morgan fingerprint density at radius 1 is 1.17 bits per heavy atom. The Labute approximate surface area is 86.0 Å². The average Bonchev–Trinajstić information content (AvgIpc) is 1.84. The molecular formula is C8H18O2S2. The average molecular weight is 210 g/mol.